The first-order valence-electron chi connectivity index (χ1n) is 7.26. The van der Waals surface area contributed by atoms with Crippen LogP contribution in [0.4, 0.5) is 0 Å². The summed E-state index contributed by atoms with van der Waals surface area (Å²) in [6, 6.07) is 12.0. The van der Waals surface area contributed by atoms with Crippen LogP contribution in [-0.2, 0) is 16.0 Å². The zero-order chi connectivity index (χ0) is 18.2. The quantitative estimate of drug-likeness (QED) is 0.695. The van der Waals surface area contributed by atoms with Crippen LogP contribution in [0.15, 0.2) is 46.9 Å². The Balaban J connectivity index is 1.74. The third-order valence-electron chi connectivity index (χ3n) is 3.12. The summed E-state index contributed by atoms with van der Waals surface area (Å²) in [6.45, 7) is -0.247. The highest BCUT2D eigenvalue weighted by Crippen LogP contribution is 2.27. The van der Waals surface area contributed by atoms with Gasteiger partial charge in [0.2, 0.25) is 5.91 Å². The van der Waals surface area contributed by atoms with Gasteiger partial charge in [-0.2, -0.15) is 0 Å². The molecule has 0 saturated carbocycles. The lowest BCUT2D eigenvalue weighted by molar-refractivity contribution is -0.129. The van der Waals surface area contributed by atoms with Gasteiger partial charge in [-0.3, -0.25) is 20.4 Å². The van der Waals surface area contributed by atoms with E-state index in [4.69, 9.17) is 21.1 Å². The molecule has 2 amide bonds. The lowest BCUT2D eigenvalue weighted by Crippen LogP contribution is -2.44. The summed E-state index contributed by atoms with van der Waals surface area (Å²) in [6.07, 6.45) is 0.133. The fourth-order valence-electron chi connectivity index (χ4n) is 1.88. The van der Waals surface area contributed by atoms with Gasteiger partial charge < -0.3 is 9.47 Å². The number of nitrogens with one attached hydrogen (secondary N) is 2. The standard InChI is InChI=1S/C17H16BrClN2O4/c1-24-13-5-2-11(3-6-13)8-16(22)20-21-17(23)10-25-15-7-4-12(19)9-14(15)18/h2-7,9H,8,10H2,1H3,(H,20,22)(H,21,23). The van der Waals surface area contributed by atoms with Crippen LogP contribution in [-0.4, -0.2) is 25.5 Å². The maximum absolute atomic E-state index is 11.8. The number of benzene rings is 2. The van der Waals surface area contributed by atoms with Crippen molar-refractivity contribution in [3.05, 3.63) is 57.5 Å². The van der Waals surface area contributed by atoms with Crippen molar-refractivity contribution in [3.63, 3.8) is 0 Å². The summed E-state index contributed by atoms with van der Waals surface area (Å²) >= 11 is 9.12. The van der Waals surface area contributed by atoms with E-state index in [1.54, 1.807) is 49.6 Å². The van der Waals surface area contributed by atoms with E-state index in [2.05, 4.69) is 26.8 Å². The lowest BCUT2D eigenvalue weighted by atomic mass is 10.1. The molecule has 2 rings (SSSR count). The summed E-state index contributed by atoms with van der Waals surface area (Å²) in [7, 11) is 1.57. The Morgan fingerprint density at radius 2 is 1.76 bits per heavy atom. The Hall–Kier alpha value is -2.25. The number of amides is 2. The highest BCUT2D eigenvalue weighted by molar-refractivity contribution is 9.10. The van der Waals surface area contributed by atoms with Gasteiger partial charge in [-0.1, -0.05) is 23.7 Å². The van der Waals surface area contributed by atoms with Gasteiger partial charge in [-0.25, -0.2) is 0 Å². The SMILES string of the molecule is COc1ccc(CC(=O)NNC(=O)COc2ccc(Cl)cc2Br)cc1. The zero-order valence-corrected chi connectivity index (χ0v) is 15.7. The largest absolute Gasteiger partial charge is 0.497 e. The summed E-state index contributed by atoms with van der Waals surface area (Å²) in [5.41, 5.74) is 5.43. The summed E-state index contributed by atoms with van der Waals surface area (Å²) < 4.78 is 11.0. The molecule has 0 saturated heterocycles. The van der Waals surface area contributed by atoms with Gasteiger partial charge in [0.05, 0.1) is 18.0 Å². The first-order valence-corrected chi connectivity index (χ1v) is 8.43. The molecule has 0 fully saturated rings. The van der Waals surface area contributed by atoms with Gasteiger partial charge in [-0.05, 0) is 51.8 Å². The molecule has 2 N–H and O–H groups in total. The van der Waals surface area contributed by atoms with E-state index >= 15 is 0 Å². The Labute approximate surface area is 158 Å². The minimum atomic E-state index is -0.482. The van der Waals surface area contributed by atoms with E-state index < -0.39 is 5.91 Å². The van der Waals surface area contributed by atoms with Crippen LogP contribution in [0.25, 0.3) is 0 Å². The van der Waals surface area contributed by atoms with Gasteiger partial charge in [0.1, 0.15) is 11.5 Å². The van der Waals surface area contributed by atoms with Gasteiger partial charge >= 0.3 is 0 Å². The highest BCUT2D eigenvalue weighted by atomic mass is 79.9. The number of hydrogen-bond donors (Lipinski definition) is 2. The van der Waals surface area contributed by atoms with Crippen molar-refractivity contribution in [1.29, 1.82) is 0 Å². The van der Waals surface area contributed by atoms with Crippen LogP contribution in [0, 0.1) is 0 Å². The van der Waals surface area contributed by atoms with E-state index in [1.165, 1.54) is 0 Å². The smallest absolute Gasteiger partial charge is 0.276 e. The molecule has 0 spiro atoms. The molecular formula is C17H16BrClN2O4. The van der Waals surface area contributed by atoms with Crippen molar-refractivity contribution in [2.45, 2.75) is 6.42 Å². The molecule has 0 aliphatic carbocycles. The molecule has 6 nitrogen and oxygen atoms in total. The Morgan fingerprint density at radius 1 is 1.08 bits per heavy atom. The Kier molecular flexibility index (Phi) is 7.09. The monoisotopic (exact) mass is 426 g/mol. The van der Waals surface area contributed by atoms with Crippen LogP contribution >= 0.6 is 27.5 Å². The molecule has 0 aliphatic rings. The van der Waals surface area contributed by atoms with Crippen LogP contribution in [0.5, 0.6) is 11.5 Å². The normalized spacial score (nSPS) is 10.0. The average molecular weight is 428 g/mol. The van der Waals surface area contributed by atoms with E-state index in [0.29, 0.717) is 21.0 Å². The van der Waals surface area contributed by atoms with Crippen molar-refractivity contribution in [2.75, 3.05) is 13.7 Å². The van der Waals surface area contributed by atoms with Gasteiger partial charge in [-0.15, -0.1) is 0 Å². The molecule has 0 unspecified atom stereocenters. The predicted molar refractivity (Wildman–Crippen MR) is 97.6 cm³/mol. The van der Waals surface area contributed by atoms with E-state index in [9.17, 15) is 9.59 Å². The van der Waals surface area contributed by atoms with Crippen molar-refractivity contribution in [3.8, 4) is 11.5 Å². The Bertz CT molecular complexity index is 753. The number of methoxy groups -OCH3 is 1. The van der Waals surface area contributed by atoms with E-state index in [1.807, 2.05) is 0 Å². The molecule has 25 heavy (non-hydrogen) atoms. The number of ether oxygens (including phenoxy) is 2. The number of hydrazine groups is 1. The Morgan fingerprint density at radius 3 is 2.40 bits per heavy atom. The summed E-state index contributed by atoms with van der Waals surface area (Å²) in [5.74, 6) is 0.364. The fourth-order valence-corrected chi connectivity index (χ4v) is 2.68. The molecule has 2 aromatic carbocycles. The minimum absolute atomic E-state index is 0.133. The highest BCUT2D eigenvalue weighted by Gasteiger charge is 2.08. The number of halogens is 2. The molecule has 8 heteroatoms. The number of rotatable bonds is 6. The topological polar surface area (TPSA) is 76.7 Å². The van der Waals surface area contributed by atoms with Crippen LogP contribution in [0.2, 0.25) is 5.02 Å². The van der Waals surface area contributed by atoms with Crippen molar-refractivity contribution < 1.29 is 19.1 Å². The van der Waals surface area contributed by atoms with Crippen molar-refractivity contribution in [1.82, 2.24) is 10.9 Å². The second-order valence-electron chi connectivity index (χ2n) is 4.98. The van der Waals surface area contributed by atoms with Crippen LogP contribution < -0.4 is 20.3 Å². The van der Waals surface area contributed by atoms with Crippen molar-refractivity contribution >= 4 is 39.3 Å². The molecule has 0 radical (unpaired) electrons. The molecule has 132 valence electrons. The first kappa shape index (κ1) is 19.1. The van der Waals surface area contributed by atoms with E-state index in [-0.39, 0.29) is 18.9 Å². The maximum Gasteiger partial charge on any atom is 0.276 e. The second-order valence-corrected chi connectivity index (χ2v) is 6.28. The molecule has 2 aromatic rings. The molecule has 0 aromatic heterocycles. The second kappa shape index (κ2) is 9.29. The first-order chi connectivity index (χ1) is 12.0. The third kappa shape index (κ3) is 6.28. The molecular weight excluding hydrogens is 412 g/mol. The maximum atomic E-state index is 11.8. The number of carbonyl (C=O) groups excluding carboxylic acids is 2. The molecule has 0 bridgehead atoms. The van der Waals surface area contributed by atoms with Gasteiger partial charge in [0.25, 0.3) is 5.91 Å². The molecule has 0 atom stereocenters. The van der Waals surface area contributed by atoms with Crippen molar-refractivity contribution in [2.24, 2.45) is 0 Å². The minimum Gasteiger partial charge on any atom is -0.497 e. The number of carbonyl (C=O) groups is 2. The van der Waals surface area contributed by atoms with Crippen LogP contribution in [0.3, 0.4) is 0 Å². The fraction of sp³-hybridized carbons (Fsp3) is 0.176. The summed E-state index contributed by atoms with van der Waals surface area (Å²) in [5, 5.41) is 0.550. The zero-order valence-electron chi connectivity index (χ0n) is 13.3. The average Bonchev–Trinajstić information content (AvgIpc) is 2.60. The predicted octanol–water partition coefficient (Wildman–Crippen LogP) is 2.88. The van der Waals surface area contributed by atoms with Gasteiger partial charge in [0.15, 0.2) is 6.61 Å². The molecule has 0 heterocycles. The van der Waals surface area contributed by atoms with E-state index in [0.717, 1.165) is 5.56 Å². The van der Waals surface area contributed by atoms with Gasteiger partial charge in [0, 0.05) is 5.02 Å². The third-order valence-corrected chi connectivity index (χ3v) is 3.97. The van der Waals surface area contributed by atoms with Crippen LogP contribution in [0.1, 0.15) is 5.56 Å². The lowest BCUT2D eigenvalue weighted by Gasteiger charge is -2.10. The summed E-state index contributed by atoms with van der Waals surface area (Å²) in [4.78, 5) is 23.5. The molecule has 0 aliphatic heterocycles. The number of hydrogen-bond acceptors (Lipinski definition) is 4.